The Morgan fingerprint density at radius 2 is 1.94 bits per heavy atom. The fourth-order valence-electron chi connectivity index (χ4n) is 4.46. The van der Waals surface area contributed by atoms with Crippen molar-refractivity contribution < 1.29 is 14.0 Å². The Labute approximate surface area is 193 Å². The van der Waals surface area contributed by atoms with Crippen molar-refractivity contribution in [3.63, 3.8) is 0 Å². The molecule has 2 amide bonds. The Kier molecular flexibility index (Phi) is 7.69. The summed E-state index contributed by atoms with van der Waals surface area (Å²) in [4.78, 5) is 29.8. The number of nitrogens with one attached hydrogen (secondary N) is 3. The zero-order chi connectivity index (χ0) is 22.0. The number of hydrogen-bond donors (Lipinski definition) is 4. The van der Waals surface area contributed by atoms with E-state index in [4.69, 9.17) is 5.73 Å². The van der Waals surface area contributed by atoms with E-state index in [0.29, 0.717) is 18.8 Å². The second-order valence-electron chi connectivity index (χ2n) is 8.38. The summed E-state index contributed by atoms with van der Waals surface area (Å²) in [7, 11) is 0. The van der Waals surface area contributed by atoms with Crippen molar-refractivity contribution in [1.29, 1.82) is 0 Å². The summed E-state index contributed by atoms with van der Waals surface area (Å²) in [6, 6.07) is 8.92. The van der Waals surface area contributed by atoms with Crippen LogP contribution in [0, 0.1) is 5.82 Å². The summed E-state index contributed by atoms with van der Waals surface area (Å²) in [6.07, 6.45) is 3.02. The standard InChI is InChI=1S/C23H28FN5O2.ClH/c1-13(22(30)29-19-8-7-18-17(19)6-9-21(25)28-18)27-23(31)20-12-15(10-11-26-20)14-2-4-16(24)5-3-14;/h2-6,9,13,15,19-20,26H,7-8,10-12H2,1H3,(H2,25,28)(H,27,31)(H,29,30);1H/t13-,15-,19?,20+;/m0./s1. The molecule has 1 aliphatic heterocycles. The van der Waals surface area contributed by atoms with Crippen molar-refractivity contribution in [3.05, 3.63) is 59.0 Å². The Bertz CT molecular complexity index is 971. The summed E-state index contributed by atoms with van der Waals surface area (Å²) in [6.45, 7) is 2.38. The molecule has 0 bridgehead atoms. The number of carbonyl (C=O) groups is 2. The number of nitrogen functional groups attached to an aromatic ring is 1. The number of hydrogen-bond acceptors (Lipinski definition) is 5. The van der Waals surface area contributed by atoms with Crippen LogP contribution in [0.2, 0.25) is 0 Å². The maximum absolute atomic E-state index is 13.2. The van der Waals surface area contributed by atoms with Crippen LogP contribution in [0.1, 0.15) is 55.0 Å². The predicted molar refractivity (Wildman–Crippen MR) is 123 cm³/mol. The zero-order valence-electron chi connectivity index (χ0n) is 17.9. The van der Waals surface area contributed by atoms with Gasteiger partial charge in [-0.1, -0.05) is 18.2 Å². The van der Waals surface area contributed by atoms with Crippen molar-refractivity contribution in [3.8, 4) is 0 Å². The number of amides is 2. The van der Waals surface area contributed by atoms with Crippen molar-refractivity contribution in [1.82, 2.24) is 20.9 Å². The van der Waals surface area contributed by atoms with Crippen LogP contribution in [-0.2, 0) is 16.0 Å². The monoisotopic (exact) mass is 461 g/mol. The maximum atomic E-state index is 13.2. The molecule has 7 nitrogen and oxygen atoms in total. The third-order valence-electron chi connectivity index (χ3n) is 6.21. The van der Waals surface area contributed by atoms with Crippen LogP contribution in [0.4, 0.5) is 10.2 Å². The molecule has 0 spiro atoms. The Hall–Kier alpha value is -2.71. The average Bonchev–Trinajstić information content (AvgIpc) is 3.15. The van der Waals surface area contributed by atoms with Crippen molar-refractivity contribution >= 4 is 30.0 Å². The second kappa shape index (κ2) is 10.3. The minimum absolute atomic E-state index is 0. The lowest BCUT2D eigenvalue weighted by molar-refractivity contribution is -0.130. The van der Waals surface area contributed by atoms with Gasteiger partial charge < -0.3 is 21.7 Å². The number of benzene rings is 1. The molecule has 4 atom stereocenters. The van der Waals surface area contributed by atoms with Gasteiger partial charge in [0.25, 0.3) is 0 Å². The van der Waals surface area contributed by atoms with Crippen molar-refractivity contribution in [2.75, 3.05) is 12.3 Å². The zero-order valence-corrected chi connectivity index (χ0v) is 18.8. The molecule has 32 heavy (non-hydrogen) atoms. The van der Waals surface area contributed by atoms with Gasteiger partial charge in [-0.25, -0.2) is 9.37 Å². The molecule has 2 aromatic rings. The summed E-state index contributed by atoms with van der Waals surface area (Å²) in [5.74, 6) is -0.0393. The van der Waals surface area contributed by atoms with Crippen LogP contribution in [0.5, 0.6) is 0 Å². The molecule has 5 N–H and O–H groups in total. The number of piperidine rings is 1. The average molecular weight is 462 g/mol. The number of nitrogens with zero attached hydrogens (tertiary/aromatic N) is 1. The molecule has 4 rings (SSSR count). The van der Waals surface area contributed by atoms with E-state index in [-0.39, 0.29) is 42.0 Å². The van der Waals surface area contributed by atoms with Gasteiger partial charge in [-0.3, -0.25) is 9.59 Å². The van der Waals surface area contributed by atoms with Gasteiger partial charge in [0.15, 0.2) is 0 Å². The second-order valence-corrected chi connectivity index (χ2v) is 8.38. The van der Waals surface area contributed by atoms with E-state index in [0.717, 1.165) is 36.1 Å². The Morgan fingerprint density at radius 1 is 1.19 bits per heavy atom. The normalized spacial score (nSPS) is 22.9. The lowest BCUT2D eigenvalue weighted by atomic mass is 9.86. The Morgan fingerprint density at radius 3 is 2.69 bits per heavy atom. The molecule has 1 aromatic carbocycles. The van der Waals surface area contributed by atoms with Gasteiger partial charge in [0, 0.05) is 5.69 Å². The first kappa shape index (κ1) is 23.9. The summed E-state index contributed by atoms with van der Waals surface area (Å²) >= 11 is 0. The number of halogens is 2. The van der Waals surface area contributed by atoms with Crippen molar-refractivity contribution in [2.45, 2.75) is 56.7 Å². The van der Waals surface area contributed by atoms with Crippen LogP contribution in [0.25, 0.3) is 0 Å². The van der Waals surface area contributed by atoms with Crippen molar-refractivity contribution in [2.24, 2.45) is 0 Å². The highest BCUT2D eigenvalue weighted by Gasteiger charge is 2.31. The number of nitrogens with two attached hydrogens (primary N) is 1. The lowest BCUT2D eigenvalue weighted by Crippen LogP contribution is -2.53. The molecule has 1 aromatic heterocycles. The number of carbonyl (C=O) groups excluding carboxylic acids is 2. The van der Waals surface area contributed by atoms with Gasteiger partial charge in [-0.05, 0) is 74.4 Å². The first-order valence-electron chi connectivity index (χ1n) is 10.8. The largest absolute Gasteiger partial charge is 0.384 e. The van der Waals surface area contributed by atoms with Crippen LogP contribution in [0.15, 0.2) is 36.4 Å². The van der Waals surface area contributed by atoms with E-state index in [1.165, 1.54) is 12.1 Å². The molecule has 2 aliphatic rings. The van der Waals surface area contributed by atoms with E-state index in [9.17, 15) is 14.0 Å². The molecule has 1 saturated heterocycles. The molecule has 1 unspecified atom stereocenters. The minimum Gasteiger partial charge on any atom is -0.384 e. The molecule has 0 saturated carbocycles. The van der Waals surface area contributed by atoms with Gasteiger partial charge in [0.05, 0.1) is 12.1 Å². The van der Waals surface area contributed by atoms with Gasteiger partial charge in [-0.2, -0.15) is 0 Å². The predicted octanol–water partition coefficient (Wildman–Crippen LogP) is 2.37. The lowest BCUT2D eigenvalue weighted by Gasteiger charge is -2.30. The first-order chi connectivity index (χ1) is 14.9. The number of aromatic nitrogens is 1. The fourth-order valence-corrected chi connectivity index (χ4v) is 4.46. The summed E-state index contributed by atoms with van der Waals surface area (Å²) < 4.78 is 13.2. The number of aryl methyl sites for hydroxylation is 1. The topological polar surface area (TPSA) is 109 Å². The van der Waals surface area contributed by atoms with E-state index >= 15 is 0 Å². The molecule has 1 fully saturated rings. The number of fused-ring (bicyclic) bond motifs is 1. The molecule has 172 valence electrons. The van der Waals surface area contributed by atoms with Gasteiger partial charge >= 0.3 is 0 Å². The third kappa shape index (κ3) is 5.37. The van der Waals surface area contributed by atoms with Crippen LogP contribution >= 0.6 is 12.4 Å². The van der Waals surface area contributed by atoms with E-state index in [2.05, 4.69) is 20.9 Å². The quantitative estimate of drug-likeness (QED) is 0.546. The first-order valence-corrected chi connectivity index (χ1v) is 10.8. The van der Waals surface area contributed by atoms with Crippen LogP contribution in [-0.4, -0.2) is 35.4 Å². The Balaban J connectivity index is 0.00000289. The molecule has 2 heterocycles. The summed E-state index contributed by atoms with van der Waals surface area (Å²) in [5, 5.41) is 9.07. The number of anilines is 1. The highest BCUT2D eigenvalue weighted by atomic mass is 35.5. The molecular formula is C23H29ClFN5O2. The highest BCUT2D eigenvalue weighted by molar-refractivity contribution is 5.89. The smallest absolute Gasteiger partial charge is 0.242 e. The molecule has 1 aliphatic carbocycles. The fraction of sp³-hybridized carbons (Fsp3) is 0.435. The molecular weight excluding hydrogens is 433 g/mol. The molecule has 9 heteroatoms. The van der Waals surface area contributed by atoms with Crippen LogP contribution in [0.3, 0.4) is 0 Å². The number of rotatable bonds is 5. The SMILES string of the molecule is C[C@H](NC(=O)[C@H]1C[C@@H](c2ccc(F)cc2)CCN1)C(=O)NC1CCc2nc(N)ccc21.Cl. The van der Waals surface area contributed by atoms with E-state index < -0.39 is 12.1 Å². The summed E-state index contributed by atoms with van der Waals surface area (Å²) in [5.41, 5.74) is 8.67. The van der Waals surface area contributed by atoms with Gasteiger partial charge in [0.2, 0.25) is 11.8 Å². The minimum atomic E-state index is -0.661. The van der Waals surface area contributed by atoms with Crippen LogP contribution < -0.4 is 21.7 Å². The van der Waals surface area contributed by atoms with Gasteiger partial charge in [-0.15, -0.1) is 12.4 Å². The van der Waals surface area contributed by atoms with E-state index in [1.54, 1.807) is 25.1 Å². The maximum Gasteiger partial charge on any atom is 0.242 e. The number of pyridine rings is 1. The third-order valence-corrected chi connectivity index (χ3v) is 6.21. The van der Waals surface area contributed by atoms with Gasteiger partial charge in [0.1, 0.15) is 17.7 Å². The highest BCUT2D eigenvalue weighted by Crippen LogP contribution is 2.30. The molecule has 0 radical (unpaired) electrons. The van der Waals surface area contributed by atoms with E-state index in [1.807, 2.05) is 6.07 Å².